The van der Waals surface area contributed by atoms with Crippen molar-refractivity contribution in [2.75, 3.05) is 13.2 Å². The number of aryl methyl sites for hydroxylation is 1. The smallest absolute Gasteiger partial charge is 0.338 e. The van der Waals surface area contributed by atoms with Gasteiger partial charge in [-0.25, -0.2) is 4.79 Å². The summed E-state index contributed by atoms with van der Waals surface area (Å²) in [5.41, 5.74) is 15.5. The number of ether oxygens (including phenoxy) is 9. The first-order valence-corrected chi connectivity index (χ1v) is 26.1. The number of rotatable bonds is 24. The molecule has 0 spiro atoms. The highest BCUT2D eigenvalue weighted by Crippen LogP contribution is 2.39. The van der Waals surface area contributed by atoms with Crippen LogP contribution in [0.1, 0.15) is 43.7 Å². The Morgan fingerprint density at radius 3 is 1.41 bits per heavy atom. The van der Waals surface area contributed by atoms with Crippen molar-refractivity contribution in [2.45, 2.75) is 105 Å². The fraction of sp³-hybridized carbons (Fsp3) is 0.295. The molecule has 2 aliphatic heterocycles. The first-order valence-electron chi connectivity index (χ1n) is 25.2. The summed E-state index contributed by atoms with van der Waals surface area (Å²) < 4.78 is 61.5. The van der Waals surface area contributed by atoms with Gasteiger partial charge in [0.25, 0.3) is 0 Å². The van der Waals surface area contributed by atoms with Gasteiger partial charge in [-0.05, 0) is 64.5 Å². The van der Waals surface area contributed by atoms with Crippen molar-refractivity contribution >= 4 is 17.7 Å². The second kappa shape index (κ2) is 27.8. The summed E-state index contributed by atoms with van der Waals surface area (Å²) >= 11 is 1.42. The molecule has 2 fully saturated rings. The predicted octanol–water partition coefficient (Wildman–Crippen LogP) is 12.0. The van der Waals surface area contributed by atoms with Crippen LogP contribution in [0.15, 0.2) is 216 Å². The SMILES string of the molecule is Cc1ccc(S[C@@H]2O[C@H](CO[C@@H]3O[C@H](COCc4ccccc4)[C@H](OCc4ccccc4)[C@H](OCc4ccccc4)[C@H]3OC(=O)c3ccccc3)[C@H](OCc3ccccc3)[C@H](OCc3ccccc3)[C@H]2N=[N+]=[N-])cc1. The molecule has 13 nitrogen and oxygen atoms in total. The first kappa shape index (κ1) is 53.2. The van der Waals surface area contributed by atoms with Crippen molar-refractivity contribution in [3.63, 3.8) is 0 Å². The van der Waals surface area contributed by atoms with Gasteiger partial charge in [-0.3, -0.25) is 0 Å². The maximum atomic E-state index is 14.4. The van der Waals surface area contributed by atoms with Crippen LogP contribution in [-0.2, 0) is 75.7 Å². The lowest BCUT2D eigenvalue weighted by Gasteiger charge is -2.47. The molecule has 0 aromatic heterocycles. The summed E-state index contributed by atoms with van der Waals surface area (Å²) in [5, 5.41) is 4.36. The Balaban J connectivity index is 1.09. The molecule has 0 amide bonds. The van der Waals surface area contributed by atoms with Crippen LogP contribution in [0.5, 0.6) is 0 Å². The highest BCUT2D eigenvalue weighted by Gasteiger charge is 2.53. The molecule has 2 aliphatic rings. The number of thioether (sulfide) groups is 1. The monoisotopic (exact) mass is 1030 g/mol. The Bertz CT molecular complexity index is 2820. The van der Waals surface area contributed by atoms with E-state index in [0.29, 0.717) is 12.2 Å². The van der Waals surface area contributed by atoms with Gasteiger partial charge in [-0.15, -0.1) is 0 Å². The number of hydrogen-bond donors (Lipinski definition) is 0. The summed E-state index contributed by atoms with van der Waals surface area (Å²) in [6, 6.07) is 65.0. The second-order valence-electron chi connectivity index (χ2n) is 18.3. The minimum absolute atomic E-state index is 0.0695. The molecule has 0 unspecified atom stereocenters. The van der Waals surface area contributed by atoms with Crippen molar-refractivity contribution in [3.8, 4) is 0 Å². The van der Waals surface area contributed by atoms with Crippen molar-refractivity contribution in [2.24, 2.45) is 5.11 Å². The van der Waals surface area contributed by atoms with Gasteiger partial charge >= 0.3 is 5.97 Å². The third-order valence-electron chi connectivity index (χ3n) is 12.9. The molecule has 0 radical (unpaired) electrons. The highest BCUT2D eigenvalue weighted by molar-refractivity contribution is 7.99. The lowest BCUT2D eigenvalue weighted by atomic mass is 9.96. The molecule has 0 N–H and O–H groups in total. The minimum atomic E-state index is -1.26. The van der Waals surface area contributed by atoms with E-state index in [0.717, 1.165) is 38.3 Å². The third kappa shape index (κ3) is 15.2. The zero-order valence-corrected chi connectivity index (χ0v) is 42.5. The average molecular weight is 1030 g/mol. The molecule has 2 saturated heterocycles. The number of hydrogen-bond acceptors (Lipinski definition) is 12. The van der Waals surface area contributed by atoms with E-state index in [-0.39, 0.29) is 39.6 Å². The van der Waals surface area contributed by atoms with Gasteiger partial charge in [0.05, 0.1) is 57.9 Å². The Morgan fingerprint density at radius 1 is 0.493 bits per heavy atom. The second-order valence-corrected chi connectivity index (χ2v) is 19.5. The van der Waals surface area contributed by atoms with Crippen molar-refractivity contribution < 1.29 is 47.4 Å². The van der Waals surface area contributed by atoms with Crippen LogP contribution in [0.3, 0.4) is 0 Å². The third-order valence-corrected chi connectivity index (χ3v) is 14.0. The fourth-order valence-corrected chi connectivity index (χ4v) is 10.1. The topological polar surface area (TPSA) is 149 Å². The van der Waals surface area contributed by atoms with E-state index in [1.807, 2.05) is 189 Å². The van der Waals surface area contributed by atoms with E-state index in [1.54, 1.807) is 24.3 Å². The Morgan fingerprint density at radius 2 is 0.920 bits per heavy atom. The molecular formula is C61H61N3O10S. The molecule has 9 rings (SSSR count). The standard InChI is InChI=1S/C61H61N3O10S/c1-43-32-34-50(35-33-43)75-61-53(63-64-62)56(69-39-47-26-14-5-15-27-47)54(67-37-45-22-10-3-11-23-45)52(73-61)42-71-60-58(74-59(65)49-30-18-7-19-31-49)57(70-40-48-28-16-6-17-29-48)55(68-38-46-24-12-4-13-25-46)51(72-60)41-66-36-44-20-8-2-9-21-44/h2-35,51-58,60-61H,36-42H2,1H3/t51-,52-,53-,54+,55+,56-,57+,58-,60-,61+/m1/s1. The molecule has 0 aliphatic carbocycles. The van der Waals surface area contributed by atoms with Crippen LogP contribution in [-0.4, -0.2) is 79.7 Å². The number of nitrogens with zero attached hydrogens (tertiary/aromatic N) is 3. The van der Waals surface area contributed by atoms with E-state index in [2.05, 4.69) is 10.0 Å². The maximum Gasteiger partial charge on any atom is 0.338 e. The van der Waals surface area contributed by atoms with Crippen LogP contribution in [0.4, 0.5) is 0 Å². The molecule has 0 saturated carbocycles. The summed E-state index contributed by atoms with van der Waals surface area (Å²) in [5.74, 6) is -0.606. The van der Waals surface area contributed by atoms with Crippen molar-refractivity contribution in [1.82, 2.24) is 0 Å². The van der Waals surface area contributed by atoms with E-state index in [1.165, 1.54) is 11.8 Å². The van der Waals surface area contributed by atoms with Crippen molar-refractivity contribution in [1.29, 1.82) is 0 Å². The lowest BCUT2D eigenvalue weighted by Crippen LogP contribution is -2.63. The zero-order valence-electron chi connectivity index (χ0n) is 41.7. The van der Waals surface area contributed by atoms with E-state index in [4.69, 9.17) is 42.6 Å². The number of esters is 1. The highest BCUT2D eigenvalue weighted by atomic mass is 32.2. The zero-order chi connectivity index (χ0) is 51.4. The maximum absolute atomic E-state index is 14.4. The van der Waals surface area contributed by atoms with Crippen LogP contribution in [0, 0.1) is 6.92 Å². The first-order chi connectivity index (χ1) is 37.0. The lowest BCUT2D eigenvalue weighted by molar-refractivity contribution is -0.325. The molecule has 2 heterocycles. The fourth-order valence-electron chi connectivity index (χ4n) is 9.00. The van der Waals surface area contributed by atoms with E-state index >= 15 is 0 Å². The average Bonchev–Trinajstić information content (AvgIpc) is 3.46. The number of benzene rings is 7. The molecular weight excluding hydrogens is 967 g/mol. The summed E-state index contributed by atoms with van der Waals surface area (Å²) in [6.45, 7) is 2.98. The quantitative estimate of drug-likeness (QED) is 0.0246. The van der Waals surface area contributed by atoms with Crippen LogP contribution >= 0.6 is 11.8 Å². The molecule has 7 aromatic carbocycles. The van der Waals surface area contributed by atoms with Gasteiger partial charge in [0.15, 0.2) is 12.4 Å². The number of carbonyl (C=O) groups is 1. The van der Waals surface area contributed by atoms with Crippen LogP contribution in [0.25, 0.3) is 10.4 Å². The van der Waals surface area contributed by atoms with Gasteiger partial charge in [0, 0.05) is 9.81 Å². The molecule has 10 atom stereocenters. The Labute approximate surface area is 442 Å². The van der Waals surface area contributed by atoms with Gasteiger partial charge in [0.1, 0.15) is 42.0 Å². The van der Waals surface area contributed by atoms with Crippen LogP contribution in [0.2, 0.25) is 0 Å². The summed E-state index contributed by atoms with van der Waals surface area (Å²) in [4.78, 5) is 18.6. The molecule has 386 valence electrons. The largest absolute Gasteiger partial charge is 0.450 e. The Hall–Kier alpha value is -6.65. The van der Waals surface area contributed by atoms with Gasteiger partial charge in [-0.2, -0.15) is 0 Å². The van der Waals surface area contributed by atoms with E-state index < -0.39 is 66.5 Å². The Kier molecular flexibility index (Phi) is 19.7. The minimum Gasteiger partial charge on any atom is -0.450 e. The molecule has 0 bridgehead atoms. The summed E-state index contributed by atoms with van der Waals surface area (Å²) in [6.07, 6.45) is -7.59. The van der Waals surface area contributed by atoms with Gasteiger partial charge in [-0.1, -0.05) is 204 Å². The normalized spacial score (nSPS) is 23.4. The van der Waals surface area contributed by atoms with Gasteiger partial charge in [0.2, 0.25) is 0 Å². The molecule has 14 heteroatoms. The van der Waals surface area contributed by atoms with Gasteiger partial charge < -0.3 is 42.6 Å². The number of azide groups is 1. The predicted molar refractivity (Wildman–Crippen MR) is 285 cm³/mol. The van der Waals surface area contributed by atoms with Crippen molar-refractivity contribution in [3.05, 3.63) is 256 Å². The summed E-state index contributed by atoms with van der Waals surface area (Å²) in [7, 11) is 0. The molecule has 75 heavy (non-hydrogen) atoms. The van der Waals surface area contributed by atoms with E-state index in [9.17, 15) is 10.3 Å². The number of carbonyl (C=O) groups excluding carboxylic acids is 1. The van der Waals surface area contributed by atoms with Crippen LogP contribution < -0.4 is 0 Å². The molecule has 7 aromatic rings.